The molecule has 0 aliphatic heterocycles. The van der Waals surface area contributed by atoms with Gasteiger partial charge in [0.15, 0.2) is 0 Å². The second-order valence-electron chi connectivity index (χ2n) is 2.98. The number of pyridine rings is 1. The van der Waals surface area contributed by atoms with Crippen LogP contribution in [0.2, 0.25) is 0 Å². The molecular formula is C10H9BrN2O3. The fourth-order valence-electron chi connectivity index (χ4n) is 1.17. The van der Waals surface area contributed by atoms with Gasteiger partial charge in [-0.25, -0.2) is 4.79 Å². The summed E-state index contributed by atoms with van der Waals surface area (Å²) in [6.07, 6.45) is 1.30. The van der Waals surface area contributed by atoms with Crippen LogP contribution in [-0.4, -0.2) is 17.1 Å². The first-order chi connectivity index (χ1) is 7.52. The van der Waals surface area contributed by atoms with Gasteiger partial charge in [0, 0.05) is 13.2 Å². The van der Waals surface area contributed by atoms with E-state index in [0.29, 0.717) is 0 Å². The van der Waals surface area contributed by atoms with Crippen LogP contribution < -0.4 is 5.56 Å². The highest BCUT2D eigenvalue weighted by molar-refractivity contribution is 9.10. The molecule has 5 nitrogen and oxygen atoms in total. The number of esters is 1. The molecule has 0 saturated heterocycles. The Morgan fingerprint density at radius 2 is 2.31 bits per heavy atom. The average molecular weight is 285 g/mol. The van der Waals surface area contributed by atoms with E-state index >= 15 is 0 Å². The van der Waals surface area contributed by atoms with Gasteiger partial charge in [-0.15, -0.1) is 0 Å². The van der Waals surface area contributed by atoms with Crippen LogP contribution in [0, 0.1) is 11.3 Å². The smallest absolute Gasteiger partial charge is 0.341 e. The van der Waals surface area contributed by atoms with Crippen LogP contribution in [0.15, 0.2) is 15.5 Å². The lowest BCUT2D eigenvalue weighted by atomic mass is 10.1. The lowest BCUT2D eigenvalue weighted by Gasteiger charge is -2.07. The highest BCUT2D eigenvalue weighted by atomic mass is 79.9. The van der Waals surface area contributed by atoms with Crippen molar-refractivity contribution in [2.75, 3.05) is 6.61 Å². The number of nitrogens with zero attached hydrogens (tertiary/aromatic N) is 2. The Kier molecular flexibility index (Phi) is 3.85. The van der Waals surface area contributed by atoms with Crippen LogP contribution in [0.1, 0.15) is 22.8 Å². The van der Waals surface area contributed by atoms with Crippen molar-refractivity contribution < 1.29 is 9.53 Å². The monoisotopic (exact) mass is 284 g/mol. The summed E-state index contributed by atoms with van der Waals surface area (Å²) >= 11 is 3.00. The van der Waals surface area contributed by atoms with Crippen molar-refractivity contribution in [3.8, 4) is 6.07 Å². The molecule has 0 unspecified atom stereocenters. The van der Waals surface area contributed by atoms with Gasteiger partial charge in [-0.1, -0.05) is 0 Å². The standard InChI is InChI=1S/C10H9BrN2O3/c1-3-16-10(15)7-5-13(2)9(14)8(11)6(7)4-12/h5H,3H2,1-2H3. The minimum atomic E-state index is -0.615. The van der Waals surface area contributed by atoms with Gasteiger partial charge in [-0.2, -0.15) is 5.26 Å². The molecule has 0 spiro atoms. The number of aromatic nitrogens is 1. The Morgan fingerprint density at radius 1 is 1.69 bits per heavy atom. The van der Waals surface area contributed by atoms with Crippen molar-refractivity contribution in [3.63, 3.8) is 0 Å². The van der Waals surface area contributed by atoms with Crippen LogP contribution in [0.5, 0.6) is 0 Å². The molecule has 0 bridgehead atoms. The minimum absolute atomic E-state index is 0.00144. The molecule has 84 valence electrons. The summed E-state index contributed by atoms with van der Waals surface area (Å²) in [7, 11) is 1.50. The highest BCUT2D eigenvalue weighted by Crippen LogP contribution is 2.16. The third-order valence-corrected chi connectivity index (χ3v) is 2.66. The lowest BCUT2D eigenvalue weighted by Crippen LogP contribution is -2.22. The van der Waals surface area contributed by atoms with E-state index in [2.05, 4.69) is 15.9 Å². The summed E-state index contributed by atoms with van der Waals surface area (Å²) in [6, 6.07) is 1.81. The quantitative estimate of drug-likeness (QED) is 0.765. The first-order valence-electron chi connectivity index (χ1n) is 4.49. The first-order valence-corrected chi connectivity index (χ1v) is 5.28. The van der Waals surface area contributed by atoms with Gasteiger partial charge in [-0.05, 0) is 22.9 Å². The predicted octanol–water partition coefficient (Wildman–Crippen LogP) is 1.20. The van der Waals surface area contributed by atoms with Crippen LogP contribution in [-0.2, 0) is 11.8 Å². The molecule has 1 rings (SSSR count). The first kappa shape index (κ1) is 12.5. The highest BCUT2D eigenvalue weighted by Gasteiger charge is 2.18. The normalized spacial score (nSPS) is 9.62. The van der Waals surface area contributed by atoms with Crippen molar-refractivity contribution >= 4 is 21.9 Å². The zero-order chi connectivity index (χ0) is 12.3. The molecule has 0 atom stereocenters. The molecule has 6 heteroatoms. The maximum absolute atomic E-state index is 11.5. The zero-order valence-corrected chi connectivity index (χ0v) is 10.4. The van der Waals surface area contributed by atoms with E-state index in [4.69, 9.17) is 10.00 Å². The second kappa shape index (κ2) is 4.94. The third kappa shape index (κ3) is 2.14. The van der Waals surface area contributed by atoms with Crippen LogP contribution in [0.25, 0.3) is 0 Å². The Morgan fingerprint density at radius 3 is 2.81 bits per heavy atom. The summed E-state index contributed by atoms with van der Waals surface area (Å²) in [4.78, 5) is 23.0. The fraction of sp³-hybridized carbons (Fsp3) is 0.300. The molecule has 0 N–H and O–H groups in total. The van der Waals surface area contributed by atoms with E-state index in [1.807, 2.05) is 6.07 Å². The minimum Gasteiger partial charge on any atom is -0.462 e. The molecule has 0 aromatic carbocycles. The molecule has 0 amide bonds. The molecule has 1 heterocycles. The van der Waals surface area contributed by atoms with Crippen molar-refractivity contribution in [3.05, 3.63) is 32.2 Å². The molecule has 0 aliphatic rings. The Labute approximate surface area is 100 Å². The Hall–Kier alpha value is -1.61. The number of hydrogen-bond donors (Lipinski definition) is 0. The van der Waals surface area contributed by atoms with Gasteiger partial charge in [0.25, 0.3) is 5.56 Å². The van der Waals surface area contributed by atoms with Crippen LogP contribution in [0.4, 0.5) is 0 Å². The lowest BCUT2D eigenvalue weighted by molar-refractivity contribution is 0.0525. The van der Waals surface area contributed by atoms with Crippen molar-refractivity contribution in [2.24, 2.45) is 7.05 Å². The van der Waals surface area contributed by atoms with E-state index in [9.17, 15) is 9.59 Å². The summed E-state index contributed by atoms with van der Waals surface area (Å²) in [6.45, 7) is 1.88. The molecule has 0 radical (unpaired) electrons. The molecule has 0 saturated carbocycles. The number of carbonyl (C=O) groups is 1. The van der Waals surface area contributed by atoms with Crippen LogP contribution >= 0.6 is 15.9 Å². The van der Waals surface area contributed by atoms with Gasteiger partial charge in [-0.3, -0.25) is 4.79 Å². The van der Waals surface area contributed by atoms with Gasteiger partial charge in [0.2, 0.25) is 0 Å². The zero-order valence-electron chi connectivity index (χ0n) is 8.78. The summed E-state index contributed by atoms with van der Waals surface area (Å²) in [5, 5.41) is 8.90. The SMILES string of the molecule is CCOC(=O)c1cn(C)c(=O)c(Br)c1C#N. The molecule has 1 aromatic heterocycles. The molecule has 16 heavy (non-hydrogen) atoms. The number of ether oxygens (including phenoxy) is 1. The molecule has 0 fully saturated rings. The molecule has 1 aromatic rings. The molecular weight excluding hydrogens is 276 g/mol. The van der Waals surface area contributed by atoms with Crippen molar-refractivity contribution in [1.29, 1.82) is 5.26 Å². The van der Waals surface area contributed by atoms with Gasteiger partial charge >= 0.3 is 5.97 Å². The van der Waals surface area contributed by atoms with Crippen LogP contribution in [0.3, 0.4) is 0 Å². The predicted molar refractivity (Wildman–Crippen MR) is 60.1 cm³/mol. The van der Waals surface area contributed by atoms with Crippen molar-refractivity contribution in [2.45, 2.75) is 6.92 Å². The van der Waals surface area contributed by atoms with E-state index in [1.54, 1.807) is 6.92 Å². The van der Waals surface area contributed by atoms with E-state index < -0.39 is 5.97 Å². The van der Waals surface area contributed by atoms with Gasteiger partial charge in [0.05, 0.1) is 17.7 Å². The fourth-order valence-corrected chi connectivity index (χ4v) is 1.75. The Bertz CT molecular complexity index is 528. The Balaban J connectivity index is 3.47. The molecule has 0 aliphatic carbocycles. The number of aryl methyl sites for hydroxylation is 1. The second-order valence-corrected chi connectivity index (χ2v) is 3.77. The summed E-state index contributed by atoms with van der Waals surface area (Å²) < 4.78 is 6.09. The number of carbonyl (C=O) groups excluding carboxylic acids is 1. The van der Waals surface area contributed by atoms with Crippen molar-refractivity contribution in [1.82, 2.24) is 4.57 Å². The average Bonchev–Trinajstić information content (AvgIpc) is 2.26. The maximum Gasteiger partial charge on any atom is 0.341 e. The van der Waals surface area contributed by atoms with E-state index in [-0.39, 0.29) is 27.8 Å². The largest absolute Gasteiger partial charge is 0.462 e. The van der Waals surface area contributed by atoms with Gasteiger partial charge in [0.1, 0.15) is 10.5 Å². The number of hydrogen-bond acceptors (Lipinski definition) is 4. The summed E-state index contributed by atoms with van der Waals surface area (Å²) in [5.41, 5.74) is -0.288. The maximum atomic E-state index is 11.5. The number of halogens is 1. The summed E-state index contributed by atoms with van der Waals surface area (Å²) in [5.74, 6) is -0.615. The van der Waals surface area contributed by atoms with E-state index in [1.165, 1.54) is 17.8 Å². The third-order valence-electron chi connectivity index (χ3n) is 1.93. The number of nitriles is 1. The van der Waals surface area contributed by atoms with Gasteiger partial charge < -0.3 is 9.30 Å². The number of rotatable bonds is 2. The van der Waals surface area contributed by atoms with E-state index in [0.717, 1.165) is 0 Å². The topological polar surface area (TPSA) is 72.1 Å².